The lowest BCUT2D eigenvalue weighted by Crippen LogP contribution is -2.47. The monoisotopic (exact) mass is 1190 g/mol. The maximum absolute atomic E-state index is 14.9. The van der Waals surface area contributed by atoms with Crippen LogP contribution in [0.15, 0.2) is 46.1 Å². The number of allylic oxidation sites excluding steroid dienone is 2. The number of phenols is 2. The van der Waals surface area contributed by atoms with E-state index in [-0.39, 0.29) is 69.3 Å². The lowest BCUT2D eigenvalue weighted by atomic mass is 9.78. The molecule has 4 aliphatic rings. The summed E-state index contributed by atoms with van der Waals surface area (Å²) in [4.78, 5) is 119. The molecule has 4 aliphatic heterocycles. The van der Waals surface area contributed by atoms with Crippen LogP contribution in [0.3, 0.4) is 0 Å². The van der Waals surface area contributed by atoms with Crippen molar-refractivity contribution in [1.29, 1.82) is 0 Å². The number of esters is 3. The normalized spacial score (nSPS) is 27.7. The number of likely N-dealkylation sites (N-methyl/N-ethyl adjacent to an activating group) is 1. The van der Waals surface area contributed by atoms with Gasteiger partial charge in [-0.1, -0.05) is 59.8 Å². The summed E-state index contributed by atoms with van der Waals surface area (Å²) in [7, 11) is -7.61. The van der Waals surface area contributed by atoms with Crippen molar-refractivity contribution in [2.45, 2.75) is 136 Å². The van der Waals surface area contributed by atoms with E-state index < -0.39 is 134 Å². The number of ketones is 1. The second-order valence-corrected chi connectivity index (χ2v) is 26.6. The van der Waals surface area contributed by atoms with Crippen LogP contribution in [0.25, 0.3) is 10.8 Å². The average molecular weight is 1190 g/mol. The van der Waals surface area contributed by atoms with Gasteiger partial charge in [-0.2, -0.15) is 0 Å². The van der Waals surface area contributed by atoms with Gasteiger partial charge >= 0.3 is 38.9 Å². The van der Waals surface area contributed by atoms with Crippen molar-refractivity contribution in [1.82, 2.24) is 9.80 Å². The summed E-state index contributed by atoms with van der Waals surface area (Å²) in [6.45, 7) is 18.0. The highest BCUT2D eigenvalue weighted by Crippen LogP contribution is 2.61. The minimum atomic E-state index is -5.26. The summed E-state index contributed by atoms with van der Waals surface area (Å²) in [6.07, 6.45) is 2.38. The number of Topliss-reactive ketones (excluding diaryl/α,β-unsaturated/α-hetero) is 1. The molecule has 0 aliphatic carbocycles. The summed E-state index contributed by atoms with van der Waals surface area (Å²) >= 11 is 0. The lowest BCUT2D eigenvalue weighted by molar-refractivity contribution is -0.165. The molecule has 2 aromatic rings. The molecule has 0 unspecified atom stereocenters. The van der Waals surface area contributed by atoms with Crippen LogP contribution in [0.2, 0.25) is 0 Å². The molecule has 0 radical (unpaired) electrons. The molecule has 6 rings (SSSR count). The van der Waals surface area contributed by atoms with Gasteiger partial charge in [-0.15, -0.1) is 0 Å². The van der Waals surface area contributed by atoms with Gasteiger partial charge in [-0.25, -0.2) is 4.99 Å². The van der Waals surface area contributed by atoms with E-state index in [9.17, 15) is 68.0 Å². The van der Waals surface area contributed by atoms with Gasteiger partial charge in [0.2, 0.25) is 0 Å². The number of methoxy groups -OCH3 is 1. The molecule has 454 valence electrons. The van der Waals surface area contributed by atoms with Gasteiger partial charge in [-0.05, 0) is 39.3 Å². The maximum Gasteiger partial charge on any atom is 0.340 e. The van der Waals surface area contributed by atoms with Crippen LogP contribution in [-0.4, -0.2) is 169 Å². The Kier molecular flexibility index (Phi) is 20.9. The number of nitrogens with zero attached hydrogens (tertiary/aromatic N) is 4. The molecule has 1 amide bonds. The largest absolute Gasteiger partial charge is 0.507 e. The first-order chi connectivity index (χ1) is 38.1. The highest BCUT2D eigenvalue weighted by atomic mass is 31.2. The highest BCUT2D eigenvalue weighted by Gasteiger charge is 2.51. The third-order valence-corrected chi connectivity index (χ3v) is 19.5. The Labute approximate surface area is 475 Å². The Balaban J connectivity index is 1.39. The van der Waals surface area contributed by atoms with E-state index in [0.29, 0.717) is 31.8 Å². The number of rotatable bonds is 15. The summed E-state index contributed by atoms with van der Waals surface area (Å²) in [5.74, 6) is -9.81. The SMILES string of the molecule is CO[C@H]1/C=C/O[C@@]2(C)Oc3c(C)c(O)c4c(O)c(c5c(c4c3C2=O)NC2(CCN(CC(C)C)CC2)N=5)=NC(=O)/C(C)=C\C=C\[C@H](C)[C@H](OC(=O)CN(C)CCOC(=O)CCC(P(=O)(O)O)P(=O)(O)O)[C@@H](C)[C@@H](O)[C@@H](C)[C@H](OC(C)=O)[C@@H]1C. The minimum absolute atomic E-state index is 0.00723. The van der Waals surface area contributed by atoms with E-state index in [1.165, 1.54) is 71.2 Å². The molecule has 0 saturated carbocycles. The fourth-order valence-electron chi connectivity index (χ4n) is 11.1. The fraction of sp³-hybridized carbons (Fsp3) is 0.618. The molecule has 0 aromatic heterocycles. The number of carbonyl (C=O) groups is 5. The lowest BCUT2D eigenvalue weighted by Gasteiger charge is -2.39. The van der Waals surface area contributed by atoms with Gasteiger partial charge in [0.1, 0.15) is 46.7 Å². The molecular formula is C55H79N5O20P2. The number of piperidine rings is 1. The number of aliphatic hydroxyl groups excluding tert-OH is 1. The number of fused-ring (bicyclic) bond motifs is 1. The van der Waals surface area contributed by atoms with Crippen LogP contribution < -0.4 is 20.8 Å². The van der Waals surface area contributed by atoms with Crippen LogP contribution in [0, 0.1) is 36.5 Å². The number of hydrogen-bond acceptors (Lipinski definition) is 20. The van der Waals surface area contributed by atoms with Crippen molar-refractivity contribution in [2.24, 2.45) is 39.6 Å². The molecule has 25 nitrogen and oxygen atoms in total. The summed E-state index contributed by atoms with van der Waals surface area (Å²) in [5, 5.41) is 37.4. The topological polar surface area (TPSA) is 360 Å². The predicted molar refractivity (Wildman–Crippen MR) is 297 cm³/mol. The van der Waals surface area contributed by atoms with Crippen LogP contribution in [0.1, 0.15) is 104 Å². The molecule has 2 aromatic carbocycles. The Morgan fingerprint density at radius 3 is 2.15 bits per heavy atom. The molecule has 9 atom stereocenters. The first-order valence-corrected chi connectivity index (χ1v) is 30.5. The molecule has 4 heterocycles. The number of amides is 1. The molecule has 1 saturated heterocycles. The second kappa shape index (κ2) is 26.1. The Morgan fingerprint density at radius 2 is 1.55 bits per heavy atom. The molecule has 82 heavy (non-hydrogen) atoms. The van der Waals surface area contributed by atoms with Crippen molar-refractivity contribution < 1.29 is 96.4 Å². The van der Waals surface area contributed by atoms with Crippen molar-refractivity contribution in [3.8, 4) is 17.2 Å². The number of ether oxygens (including phenoxy) is 6. The fourth-order valence-corrected chi connectivity index (χ4v) is 13.6. The zero-order chi connectivity index (χ0) is 61.1. The van der Waals surface area contributed by atoms with Gasteiger partial charge in [0, 0.05) is 107 Å². The number of nitrogens with one attached hydrogen (secondary N) is 1. The maximum atomic E-state index is 14.9. The van der Waals surface area contributed by atoms with Crippen molar-refractivity contribution in [3.63, 3.8) is 0 Å². The number of aromatic hydroxyl groups is 2. The first kappa shape index (κ1) is 65.6. The number of benzene rings is 2. The van der Waals surface area contributed by atoms with Crippen LogP contribution >= 0.6 is 15.2 Å². The molecular weight excluding hydrogens is 1110 g/mol. The summed E-state index contributed by atoms with van der Waals surface area (Å²) in [6, 6.07) is 0. The molecule has 4 bridgehead atoms. The predicted octanol–water partition coefficient (Wildman–Crippen LogP) is 4.24. The van der Waals surface area contributed by atoms with E-state index in [1.807, 2.05) is 0 Å². The van der Waals surface area contributed by atoms with E-state index in [2.05, 4.69) is 29.1 Å². The minimum Gasteiger partial charge on any atom is -0.507 e. The third-order valence-electron chi connectivity index (χ3n) is 15.7. The van der Waals surface area contributed by atoms with Crippen molar-refractivity contribution in [3.05, 3.63) is 58.0 Å². The number of aliphatic hydroxyl groups is 1. The van der Waals surface area contributed by atoms with Gasteiger partial charge in [-0.3, -0.25) is 43.0 Å². The highest BCUT2D eigenvalue weighted by molar-refractivity contribution is 7.70. The number of carbonyl (C=O) groups excluding carboxylic acids is 5. The van der Waals surface area contributed by atoms with E-state index >= 15 is 0 Å². The molecule has 1 spiro atoms. The second-order valence-electron chi connectivity index (χ2n) is 22.6. The summed E-state index contributed by atoms with van der Waals surface area (Å²) in [5.41, 5.74) is -0.519. The van der Waals surface area contributed by atoms with Crippen molar-refractivity contribution >= 4 is 61.2 Å². The first-order valence-electron chi connectivity index (χ1n) is 27.2. The molecule has 8 N–H and O–H groups in total. The van der Waals surface area contributed by atoms with Gasteiger partial charge in [0.15, 0.2) is 11.1 Å². The zero-order valence-electron chi connectivity index (χ0n) is 48.4. The number of hydrogen-bond donors (Lipinski definition) is 8. The Morgan fingerprint density at radius 1 is 0.915 bits per heavy atom. The van der Waals surface area contributed by atoms with Gasteiger partial charge < -0.3 is 73.5 Å². The average Bonchev–Trinajstić information content (AvgIpc) is 4.04. The Hall–Kier alpha value is -5.59. The van der Waals surface area contributed by atoms with E-state index in [4.69, 9.17) is 33.4 Å². The van der Waals surface area contributed by atoms with Gasteiger partial charge in [0.25, 0.3) is 11.7 Å². The van der Waals surface area contributed by atoms with E-state index in [0.717, 1.165) is 6.54 Å². The van der Waals surface area contributed by atoms with Gasteiger partial charge in [0.05, 0.1) is 41.7 Å². The third kappa shape index (κ3) is 14.7. The van der Waals surface area contributed by atoms with Crippen molar-refractivity contribution in [2.75, 3.05) is 58.8 Å². The zero-order valence-corrected chi connectivity index (χ0v) is 50.1. The standard InChI is InChI=1S/C55H79N5O20P2/c1-28(2)26-60-21-19-55(20-22-60)57-43-40-41-47(65)34(8)51-42(40)52(67)54(10,80-51)77-24-18-36(75-12)31(5)50(78-35(9)61)33(7)46(64)32(6)49(29(3)14-13-15-30(4)53(68)56-45(48(41)66)44(43)58-55)79-38(63)27-59(11)23-25-76-37(62)16-17-39(81(69,70)71)82(72,73)74/h13-15,18,24,28-29,31-33,36,39,46,49-50,57,64-66H,16-17,19-23,25-27H2,1-12H3,(H2,69,70,71)(H2,72,73,74)/b14-13+,24-18+,30-15-,56-45?/t29-,31+,32-,33+,36-,46+,49-,50+,54-/m0/s1. The number of likely N-dealkylation sites (tertiary alicyclic amines) is 1. The number of phenolic OH excluding ortho intramolecular Hbond substituents is 2. The summed E-state index contributed by atoms with van der Waals surface area (Å²) < 4.78 is 58.7. The van der Waals surface area contributed by atoms with E-state index in [1.54, 1.807) is 33.8 Å². The molecule has 27 heteroatoms. The smallest absolute Gasteiger partial charge is 0.340 e. The number of anilines is 1. The van der Waals surface area contributed by atoms with Crippen LogP contribution in [-0.2, 0) is 52.0 Å². The molecule has 1 fully saturated rings. The quantitative estimate of drug-likeness (QED) is 0.0535. The Bertz CT molecular complexity index is 3090. The van der Waals surface area contributed by atoms with Crippen LogP contribution in [0.4, 0.5) is 5.69 Å². The van der Waals surface area contributed by atoms with Crippen LogP contribution in [0.5, 0.6) is 17.2 Å².